The summed E-state index contributed by atoms with van der Waals surface area (Å²) in [5, 5.41) is 3.30. The van der Waals surface area contributed by atoms with Crippen molar-refractivity contribution in [2.24, 2.45) is 23.7 Å². The Balaban J connectivity index is 1.74. The molecule has 33 heavy (non-hydrogen) atoms. The van der Waals surface area contributed by atoms with Gasteiger partial charge in [-0.15, -0.1) is 5.06 Å². The van der Waals surface area contributed by atoms with Crippen molar-refractivity contribution in [3.63, 3.8) is 0 Å². The summed E-state index contributed by atoms with van der Waals surface area (Å²) in [4.78, 5) is 69.8. The van der Waals surface area contributed by atoms with Crippen molar-refractivity contribution in [2.45, 2.75) is 20.3 Å². The Bertz CT molecular complexity index is 1140. The summed E-state index contributed by atoms with van der Waals surface area (Å²) < 4.78 is 1.35. The molecule has 0 spiro atoms. The van der Waals surface area contributed by atoms with Crippen LogP contribution in [0.15, 0.2) is 12.2 Å². The smallest absolute Gasteiger partial charge is 0.325 e. The molecule has 4 amide bonds. The number of hydroxylamine groups is 2. The lowest BCUT2D eigenvalue weighted by Crippen LogP contribution is -2.36. The Labute approximate surface area is 230 Å². The number of imide groups is 1. The number of rotatable bonds is 4. The molecule has 1 aromatic carbocycles. The fourth-order valence-electron chi connectivity index (χ4n) is 4.66. The van der Waals surface area contributed by atoms with Gasteiger partial charge in [0, 0.05) is 20.9 Å². The fraction of sp³-hybridized carbons (Fsp3) is 0.381. The number of allylic oxidation sites excluding steroid dienone is 2. The molecule has 1 N–H and O–H groups in total. The molecular formula is C21H18I3N3O6. The second-order valence-electron chi connectivity index (χ2n) is 8.15. The lowest BCUT2D eigenvalue weighted by Gasteiger charge is -2.24. The number of benzene rings is 1. The van der Waals surface area contributed by atoms with Gasteiger partial charge >= 0.3 is 5.97 Å². The van der Waals surface area contributed by atoms with E-state index in [1.165, 1.54) is 18.7 Å². The maximum Gasteiger partial charge on any atom is 0.366 e. The van der Waals surface area contributed by atoms with Crippen LogP contribution in [0.5, 0.6) is 0 Å². The first kappa shape index (κ1) is 24.8. The van der Waals surface area contributed by atoms with E-state index in [1.54, 1.807) is 7.05 Å². The summed E-state index contributed by atoms with van der Waals surface area (Å²) >= 11 is 5.85. The molecule has 1 heterocycles. The molecule has 4 atom stereocenters. The van der Waals surface area contributed by atoms with Gasteiger partial charge in [-0.05, 0) is 86.0 Å². The van der Waals surface area contributed by atoms with Gasteiger partial charge in [0.05, 0.1) is 39.5 Å². The third kappa shape index (κ3) is 3.98. The lowest BCUT2D eigenvalue weighted by atomic mass is 9.85. The van der Waals surface area contributed by atoms with E-state index in [0.29, 0.717) is 27.1 Å². The second kappa shape index (κ2) is 9.05. The normalized spacial score (nSPS) is 24.8. The van der Waals surface area contributed by atoms with Crippen LogP contribution in [-0.2, 0) is 24.0 Å². The van der Waals surface area contributed by atoms with E-state index in [1.807, 2.05) is 79.9 Å². The molecule has 3 aliphatic rings. The van der Waals surface area contributed by atoms with E-state index in [2.05, 4.69) is 5.32 Å². The minimum absolute atomic E-state index is 0.0130. The molecule has 2 aliphatic carbocycles. The van der Waals surface area contributed by atoms with Crippen LogP contribution in [-0.4, -0.2) is 41.7 Å². The molecule has 0 aromatic heterocycles. The van der Waals surface area contributed by atoms with E-state index in [9.17, 15) is 24.0 Å². The molecule has 1 aliphatic heterocycles. The number of carbonyl (C=O) groups excluding carboxylic acids is 5. The maximum absolute atomic E-state index is 13.3. The number of amides is 4. The van der Waals surface area contributed by atoms with Crippen molar-refractivity contribution in [1.29, 1.82) is 0 Å². The lowest BCUT2D eigenvalue weighted by molar-refractivity contribution is -0.175. The van der Waals surface area contributed by atoms with Gasteiger partial charge in [0.1, 0.15) is 0 Å². The Morgan fingerprint density at radius 3 is 2.03 bits per heavy atom. The first-order valence-electron chi connectivity index (χ1n) is 9.96. The first-order chi connectivity index (χ1) is 15.5. The van der Waals surface area contributed by atoms with Crippen LogP contribution in [0, 0.1) is 34.4 Å². The molecule has 4 rings (SSSR count). The van der Waals surface area contributed by atoms with Crippen LogP contribution in [0.25, 0.3) is 0 Å². The molecule has 12 heteroatoms. The van der Waals surface area contributed by atoms with Gasteiger partial charge in [0.2, 0.25) is 11.8 Å². The highest BCUT2D eigenvalue weighted by atomic mass is 127. The molecule has 1 saturated carbocycles. The van der Waals surface area contributed by atoms with Crippen LogP contribution in [0.2, 0.25) is 0 Å². The summed E-state index contributed by atoms with van der Waals surface area (Å²) in [6.45, 7) is 2.71. The van der Waals surface area contributed by atoms with Crippen molar-refractivity contribution in [3.05, 3.63) is 28.4 Å². The number of anilines is 2. The number of carbonyl (C=O) groups is 5. The van der Waals surface area contributed by atoms with E-state index < -0.39 is 29.6 Å². The Morgan fingerprint density at radius 1 is 1.00 bits per heavy atom. The van der Waals surface area contributed by atoms with Crippen molar-refractivity contribution in [2.75, 3.05) is 17.3 Å². The highest BCUT2D eigenvalue weighted by Crippen LogP contribution is 2.52. The zero-order chi connectivity index (χ0) is 24.4. The van der Waals surface area contributed by atoms with Gasteiger partial charge in [-0.1, -0.05) is 12.2 Å². The van der Waals surface area contributed by atoms with E-state index in [0.717, 1.165) is 6.42 Å². The maximum atomic E-state index is 13.3. The molecular weight excluding hydrogens is 771 g/mol. The summed E-state index contributed by atoms with van der Waals surface area (Å²) in [5.74, 6) is -3.57. The van der Waals surface area contributed by atoms with Gasteiger partial charge in [-0.25, -0.2) is 4.79 Å². The molecule has 1 aromatic rings. The third-order valence-electron chi connectivity index (χ3n) is 6.21. The SMILES string of the molecule is CC(=O)Nc1c(I)c(C(=O)ON2C(=O)C3C4C=CC(C4)C3C2=O)c(I)c(N(C)C(C)=O)c1I. The summed E-state index contributed by atoms with van der Waals surface area (Å²) in [7, 11) is 1.55. The van der Waals surface area contributed by atoms with Gasteiger partial charge in [0.15, 0.2) is 0 Å². The van der Waals surface area contributed by atoms with Gasteiger partial charge < -0.3 is 15.1 Å². The summed E-state index contributed by atoms with van der Waals surface area (Å²) in [5.41, 5.74) is 0.817. The highest BCUT2D eigenvalue weighted by molar-refractivity contribution is 14.1. The van der Waals surface area contributed by atoms with Crippen LogP contribution in [0.1, 0.15) is 30.6 Å². The fourth-order valence-corrected chi connectivity index (χ4v) is 9.26. The average Bonchev–Trinajstić information content (AvgIpc) is 3.41. The molecule has 9 nitrogen and oxygen atoms in total. The van der Waals surface area contributed by atoms with Gasteiger partial charge in [-0.2, -0.15) is 0 Å². The zero-order valence-corrected chi connectivity index (χ0v) is 24.1. The number of hydrogen-bond donors (Lipinski definition) is 1. The van der Waals surface area contributed by atoms with Crippen LogP contribution >= 0.6 is 67.8 Å². The summed E-state index contributed by atoms with van der Waals surface area (Å²) in [6.07, 6.45) is 4.68. The van der Waals surface area contributed by atoms with Crippen molar-refractivity contribution in [3.8, 4) is 0 Å². The predicted molar refractivity (Wildman–Crippen MR) is 143 cm³/mol. The third-order valence-corrected chi connectivity index (χ3v) is 9.39. The molecule has 2 fully saturated rings. The Kier molecular flexibility index (Phi) is 6.81. The number of nitrogens with one attached hydrogen (secondary N) is 1. The number of nitrogens with zero attached hydrogens (tertiary/aromatic N) is 2. The van der Waals surface area contributed by atoms with E-state index in [4.69, 9.17) is 4.84 Å². The standard InChI is InChI=1S/C21H18I3N3O6/c1-7(28)25-17-14(22)13(15(23)18(16(17)24)26(3)8(2)29)21(32)33-27-19(30)11-9-4-5-10(6-9)12(11)20(27)31/h4-5,9-12H,6H2,1-3H3,(H,25,28). The van der Waals surface area contributed by atoms with Crippen LogP contribution < -0.4 is 10.2 Å². The van der Waals surface area contributed by atoms with Crippen LogP contribution in [0.3, 0.4) is 0 Å². The van der Waals surface area contributed by atoms with Crippen LogP contribution in [0.4, 0.5) is 11.4 Å². The molecule has 174 valence electrons. The molecule has 0 radical (unpaired) electrons. The average molecular weight is 789 g/mol. The minimum Gasteiger partial charge on any atom is -0.325 e. The largest absolute Gasteiger partial charge is 0.366 e. The summed E-state index contributed by atoms with van der Waals surface area (Å²) in [6, 6.07) is 0. The Morgan fingerprint density at radius 2 is 1.55 bits per heavy atom. The number of halogens is 3. The number of fused-ring (bicyclic) bond motifs is 5. The second-order valence-corrected chi connectivity index (χ2v) is 11.4. The topological polar surface area (TPSA) is 113 Å². The Hall–Kier alpha value is -1.30. The minimum atomic E-state index is -0.910. The van der Waals surface area contributed by atoms with E-state index in [-0.39, 0.29) is 29.2 Å². The van der Waals surface area contributed by atoms with Gasteiger partial charge in [0.25, 0.3) is 11.8 Å². The first-order valence-corrected chi connectivity index (χ1v) is 13.2. The van der Waals surface area contributed by atoms with Crippen molar-refractivity contribution < 1.29 is 28.8 Å². The molecule has 1 saturated heterocycles. The monoisotopic (exact) mass is 789 g/mol. The molecule has 2 bridgehead atoms. The predicted octanol–water partition coefficient (Wildman–Crippen LogP) is 3.32. The molecule has 4 unspecified atom stereocenters. The van der Waals surface area contributed by atoms with Gasteiger partial charge in [-0.3, -0.25) is 19.2 Å². The van der Waals surface area contributed by atoms with Crippen molar-refractivity contribution >= 4 is 109 Å². The zero-order valence-electron chi connectivity index (χ0n) is 17.6. The van der Waals surface area contributed by atoms with E-state index >= 15 is 0 Å². The highest BCUT2D eigenvalue weighted by Gasteiger charge is 2.61. The quantitative estimate of drug-likeness (QED) is 0.285. The van der Waals surface area contributed by atoms with Crippen molar-refractivity contribution in [1.82, 2.24) is 5.06 Å². The number of hydrogen-bond acceptors (Lipinski definition) is 6.